The van der Waals surface area contributed by atoms with Crippen LogP contribution in [0.1, 0.15) is 0 Å². The lowest BCUT2D eigenvalue weighted by Crippen LogP contribution is -1.95. The molecule has 4 nitrogen and oxygen atoms in total. The van der Waals surface area contributed by atoms with Crippen molar-refractivity contribution >= 4 is 22.0 Å². The van der Waals surface area contributed by atoms with Crippen molar-refractivity contribution in [1.29, 1.82) is 0 Å². The Labute approximate surface area is 178 Å². The topological polar surface area (TPSA) is 51.8 Å². The van der Waals surface area contributed by atoms with Crippen molar-refractivity contribution in [3.8, 4) is 34.1 Å². The van der Waals surface area contributed by atoms with Gasteiger partial charge in [0.15, 0.2) is 11.4 Å². The summed E-state index contributed by atoms with van der Waals surface area (Å²) >= 11 is 0. The van der Waals surface area contributed by atoms with Crippen molar-refractivity contribution in [2.75, 3.05) is 0 Å². The van der Waals surface area contributed by atoms with Gasteiger partial charge in [0.1, 0.15) is 5.52 Å². The first-order valence-corrected chi connectivity index (χ1v) is 10.1. The molecule has 0 radical (unpaired) electrons. The molecular formula is C27H17N3O. The second-order valence-corrected chi connectivity index (χ2v) is 7.34. The Morgan fingerprint density at radius 2 is 1.16 bits per heavy atom. The predicted molar refractivity (Wildman–Crippen MR) is 123 cm³/mol. The van der Waals surface area contributed by atoms with Crippen molar-refractivity contribution < 1.29 is 4.42 Å². The number of aromatic nitrogens is 3. The maximum absolute atomic E-state index is 5.89. The molecule has 0 amide bonds. The minimum Gasteiger partial charge on any atom is -0.436 e. The highest BCUT2D eigenvalue weighted by atomic mass is 16.3. The summed E-state index contributed by atoms with van der Waals surface area (Å²) in [5, 5.41) is 1.04. The molecule has 0 fully saturated rings. The summed E-state index contributed by atoms with van der Waals surface area (Å²) in [6, 6.07) is 34.2. The summed E-state index contributed by atoms with van der Waals surface area (Å²) in [7, 11) is 0. The van der Waals surface area contributed by atoms with Gasteiger partial charge in [0.2, 0.25) is 5.89 Å². The fraction of sp³-hybridized carbons (Fsp3) is 0. The van der Waals surface area contributed by atoms with E-state index >= 15 is 0 Å². The first kappa shape index (κ1) is 17.5. The molecule has 6 aromatic rings. The van der Waals surface area contributed by atoms with Crippen LogP contribution in [0.4, 0.5) is 0 Å². The van der Waals surface area contributed by atoms with E-state index < -0.39 is 0 Å². The van der Waals surface area contributed by atoms with Crippen LogP contribution in [0.15, 0.2) is 108 Å². The van der Waals surface area contributed by atoms with Crippen molar-refractivity contribution in [2.24, 2.45) is 0 Å². The molecule has 0 unspecified atom stereocenters. The molecule has 6 rings (SSSR count). The number of fused-ring (bicyclic) bond motifs is 2. The average Bonchev–Trinajstić information content (AvgIpc) is 3.28. The fourth-order valence-corrected chi connectivity index (χ4v) is 3.78. The summed E-state index contributed by atoms with van der Waals surface area (Å²) in [5.41, 5.74) is 6.44. The zero-order valence-electron chi connectivity index (χ0n) is 16.6. The van der Waals surface area contributed by atoms with Crippen molar-refractivity contribution in [3.63, 3.8) is 0 Å². The van der Waals surface area contributed by atoms with Gasteiger partial charge in [-0.3, -0.25) is 0 Å². The summed E-state index contributed by atoms with van der Waals surface area (Å²) in [6.07, 6.45) is 0. The van der Waals surface area contributed by atoms with Crippen LogP contribution >= 0.6 is 0 Å². The SMILES string of the molecule is c1ccc(-c2nc(-c3ccc(-c4nc5ccccc5o4)cc3)nc3ccccc23)cc1. The summed E-state index contributed by atoms with van der Waals surface area (Å²) in [5.74, 6) is 1.30. The number of para-hydroxylation sites is 3. The van der Waals surface area contributed by atoms with E-state index in [4.69, 9.17) is 14.4 Å². The largest absolute Gasteiger partial charge is 0.436 e. The highest BCUT2D eigenvalue weighted by Crippen LogP contribution is 2.30. The van der Waals surface area contributed by atoms with E-state index in [1.807, 2.05) is 84.9 Å². The summed E-state index contributed by atoms with van der Waals surface area (Å²) < 4.78 is 5.89. The molecule has 31 heavy (non-hydrogen) atoms. The first-order valence-electron chi connectivity index (χ1n) is 10.1. The normalized spacial score (nSPS) is 11.2. The maximum atomic E-state index is 5.89. The van der Waals surface area contributed by atoms with Gasteiger partial charge in [0, 0.05) is 22.1 Å². The standard InChI is InChI=1S/C27H17N3O/c1-2-8-18(9-3-1)25-21-10-4-5-11-22(21)28-26(30-25)19-14-16-20(17-15-19)27-29-23-12-6-7-13-24(23)31-27/h1-17H. The molecule has 0 aliphatic rings. The fourth-order valence-electron chi connectivity index (χ4n) is 3.78. The third-order valence-corrected chi connectivity index (χ3v) is 5.33. The Morgan fingerprint density at radius 3 is 1.97 bits per heavy atom. The van der Waals surface area contributed by atoms with Gasteiger partial charge < -0.3 is 4.42 Å². The van der Waals surface area contributed by atoms with Crippen LogP contribution in [-0.2, 0) is 0 Å². The number of oxazole rings is 1. The molecule has 0 atom stereocenters. The van der Waals surface area contributed by atoms with Crippen LogP contribution < -0.4 is 0 Å². The van der Waals surface area contributed by atoms with Crippen LogP contribution in [0.3, 0.4) is 0 Å². The zero-order chi connectivity index (χ0) is 20.6. The molecule has 4 heteroatoms. The maximum Gasteiger partial charge on any atom is 0.227 e. The van der Waals surface area contributed by atoms with E-state index in [-0.39, 0.29) is 0 Å². The predicted octanol–water partition coefficient (Wildman–Crippen LogP) is 6.77. The van der Waals surface area contributed by atoms with E-state index in [0.29, 0.717) is 11.7 Å². The number of hydrogen-bond donors (Lipinski definition) is 0. The van der Waals surface area contributed by atoms with Gasteiger partial charge >= 0.3 is 0 Å². The molecule has 0 aliphatic carbocycles. The minimum atomic E-state index is 0.608. The number of hydrogen-bond acceptors (Lipinski definition) is 4. The van der Waals surface area contributed by atoms with Crippen LogP contribution in [0, 0.1) is 0 Å². The van der Waals surface area contributed by atoms with E-state index in [0.717, 1.165) is 44.4 Å². The second kappa shape index (κ2) is 7.18. The minimum absolute atomic E-state index is 0.608. The lowest BCUT2D eigenvalue weighted by Gasteiger charge is -2.09. The first-order chi connectivity index (χ1) is 15.3. The van der Waals surface area contributed by atoms with Gasteiger partial charge in [0.05, 0.1) is 11.2 Å². The molecule has 0 aliphatic heterocycles. The van der Waals surface area contributed by atoms with Crippen LogP contribution in [0.25, 0.3) is 56.1 Å². The van der Waals surface area contributed by atoms with E-state index in [9.17, 15) is 0 Å². The van der Waals surface area contributed by atoms with Crippen molar-refractivity contribution in [3.05, 3.63) is 103 Å². The molecule has 0 N–H and O–H groups in total. The third kappa shape index (κ3) is 3.15. The molecule has 0 saturated carbocycles. The molecule has 0 spiro atoms. The van der Waals surface area contributed by atoms with Gasteiger partial charge in [-0.2, -0.15) is 0 Å². The second-order valence-electron chi connectivity index (χ2n) is 7.34. The van der Waals surface area contributed by atoms with Crippen LogP contribution in [0.5, 0.6) is 0 Å². The lowest BCUT2D eigenvalue weighted by atomic mass is 10.1. The smallest absolute Gasteiger partial charge is 0.227 e. The zero-order valence-corrected chi connectivity index (χ0v) is 16.6. The molecular weight excluding hydrogens is 382 g/mol. The molecule has 0 saturated heterocycles. The van der Waals surface area contributed by atoms with Crippen molar-refractivity contribution in [2.45, 2.75) is 0 Å². The van der Waals surface area contributed by atoms with Gasteiger partial charge in [-0.15, -0.1) is 0 Å². The lowest BCUT2D eigenvalue weighted by molar-refractivity contribution is 0.620. The Hall–Kier alpha value is -4.31. The highest BCUT2D eigenvalue weighted by molar-refractivity contribution is 5.93. The monoisotopic (exact) mass is 399 g/mol. The van der Waals surface area contributed by atoms with Gasteiger partial charge in [0.25, 0.3) is 0 Å². The molecule has 2 heterocycles. The Kier molecular flexibility index (Phi) is 4.06. The quantitative estimate of drug-likeness (QED) is 0.329. The van der Waals surface area contributed by atoms with E-state index in [2.05, 4.69) is 23.2 Å². The van der Waals surface area contributed by atoms with Crippen LogP contribution in [-0.4, -0.2) is 15.0 Å². The number of benzene rings is 4. The van der Waals surface area contributed by atoms with E-state index in [1.165, 1.54) is 0 Å². The Balaban J connectivity index is 1.45. The van der Waals surface area contributed by atoms with Gasteiger partial charge in [-0.05, 0) is 30.3 Å². The molecule has 4 aromatic carbocycles. The molecule has 2 aromatic heterocycles. The summed E-state index contributed by atoms with van der Waals surface area (Å²) in [4.78, 5) is 14.3. The summed E-state index contributed by atoms with van der Waals surface area (Å²) in [6.45, 7) is 0. The Morgan fingerprint density at radius 1 is 0.484 bits per heavy atom. The molecule has 146 valence electrons. The average molecular weight is 399 g/mol. The number of nitrogens with zero attached hydrogens (tertiary/aromatic N) is 3. The van der Waals surface area contributed by atoms with Crippen molar-refractivity contribution in [1.82, 2.24) is 15.0 Å². The number of rotatable bonds is 3. The third-order valence-electron chi connectivity index (χ3n) is 5.33. The Bertz CT molecular complexity index is 1490. The van der Waals surface area contributed by atoms with Crippen LogP contribution in [0.2, 0.25) is 0 Å². The van der Waals surface area contributed by atoms with Gasteiger partial charge in [-0.1, -0.05) is 72.8 Å². The highest BCUT2D eigenvalue weighted by Gasteiger charge is 2.12. The van der Waals surface area contributed by atoms with Gasteiger partial charge in [-0.25, -0.2) is 15.0 Å². The molecule has 0 bridgehead atoms. The van der Waals surface area contributed by atoms with E-state index in [1.54, 1.807) is 0 Å².